The summed E-state index contributed by atoms with van der Waals surface area (Å²) in [5.74, 6) is 0. The molecule has 0 saturated carbocycles. The molecule has 5 aromatic rings. The Morgan fingerprint density at radius 3 is 2.45 bits per heavy atom. The van der Waals surface area contributed by atoms with Gasteiger partial charge in [-0.3, -0.25) is 0 Å². The van der Waals surface area contributed by atoms with E-state index in [0.717, 1.165) is 22.1 Å². The van der Waals surface area contributed by atoms with Gasteiger partial charge < -0.3 is 9.55 Å². The lowest BCUT2D eigenvalue weighted by molar-refractivity contribution is 0.677. The van der Waals surface area contributed by atoms with Gasteiger partial charge in [-0.05, 0) is 47.5 Å². The van der Waals surface area contributed by atoms with Crippen LogP contribution in [0.2, 0.25) is 10.0 Å². The van der Waals surface area contributed by atoms with Gasteiger partial charge in [0, 0.05) is 33.4 Å². The van der Waals surface area contributed by atoms with Crippen LogP contribution in [0.3, 0.4) is 0 Å². The second-order valence-corrected chi connectivity index (χ2v) is 8.04. The third-order valence-electron chi connectivity index (χ3n) is 5.18. The average molecular weight is 447 g/mol. The third-order valence-corrected chi connectivity index (χ3v) is 5.66. The molecular weight excluding hydrogens is 431 g/mol. The second-order valence-electron chi connectivity index (χ2n) is 7.17. The lowest BCUT2D eigenvalue weighted by Gasteiger charge is -2.20. The molecule has 2 aromatic heterocycles. The number of benzene rings is 3. The zero-order chi connectivity index (χ0) is 21.4. The number of fused-ring (bicyclic) bond motifs is 1. The van der Waals surface area contributed by atoms with E-state index in [1.54, 1.807) is 18.6 Å². The summed E-state index contributed by atoms with van der Waals surface area (Å²) in [6, 6.07) is 20.9. The number of rotatable bonds is 4. The van der Waals surface area contributed by atoms with Crippen molar-refractivity contribution in [2.75, 3.05) is 0 Å². The van der Waals surface area contributed by atoms with Crippen molar-refractivity contribution >= 4 is 34.1 Å². The standard InChI is InChI=1S/C24H16Cl2N4O/c25-18-7-4-15(5-8-18)23(30-11-10-27-14-30)17-6-9-21-20(13-17)22(29-24(31)28-21)16-2-1-3-19(26)12-16/h1-14,23H,(H,28,29,31). The molecule has 0 aliphatic rings. The van der Waals surface area contributed by atoms with Crippen molar-refractivity contribution in [3.05, 3.63) is 117 Å². The van der Waals surface area contributed by atoms with Crippen molar-refractivity contribution < 1.29 is 0 Å². The zero-order valence-corrected chi connectivity index (χ0v) is 17.7. The van der Waals surface area contributed by atoms with E-state index in [1.165, 1.54) is 0 Å². The van der Waals surface area contributed by atoms with Crippen LogP contribution in [0, 0.1) is 0 Å². The monoisotopic (exact) mass is 446 g/mol. The minimum Gasteiger partial charge on any atom is -0.326 e. The van der Waals surface area contributed by atoms with Crippen LogP contribution < -0.4 is 5.69 Å². The SMILES string of the molecule is O=c1nc(-c2cccc(Cl)c2)c2cc(C(c3ccc(Cl)cc3)n3ccnc3)ccc2[nH]1. The van der Waals surface area contributed by atoms with E-state index >= 15 is 0 Å². The quantitative estimate of drug-likeness (QED) is 0.383. The van der Waals surface area contributed by atoms with Crippen LogP contribution >= 0.6 is 23.2 Å². The third kappa shape index (κ3) is 3.85. The van der Waals surface area contributed by atoms with Crippen LogP contribution in [0.15, 0.2) is 90.2 Å². The summed E-state index contributed by atoms with van der Waals surface area (Å²) >= 11 is 12.3. The molecule has 0 spiro atoms. The van der Waals surface area contributed by atoms with Gasteiger partial charge in [0.25, 0.3) is 0 Å². The minimum absolute atomic E-state index is 0.122. The second kappa shape index (κ2) is 8.02. The molecule has 0 amide bonds. The van der Waals surface area contributed by atoms with Gasteiger partial charge in [0.2, 0.25) is 0 Å². The lowest BCUT2D eigenvalue weighted by atomic mass is 9.96. The predicted molar refractivity (Wildman–Crippen MR) is 124 cm³/mol. The summed E-state index contributed by atoms with van der Waals surface area (Å²) < 4.78 is 2.03. The number of hydrogen-bond acceptors (Lipinski definition) is 3. The van der Waals surface area contributed by atoms with E-state index in [9.17, 15) is 4.79 Å². The molecule has 31 heavy (non-hydrogen) atoms. The highest BCUT2D eigenvalue weighted by atomic mass is 35.5. The van der Waals surface area contributed by atoms with E-state index in [4.69, 9.17) is 23.2 Å². The van der Waals surface area contributed by atoms with Crippen molar-refractivity contribution in [1.29, 1.82) is 0 Å². The molecule has 2 heterocycles. The lowest BCUT2D eigenvalue weighted by Crippen LogP contribution is -2.13. The summed E-state index contributed by atoms with van der Waals surface area (Å²) in [5.41, 5.74) is 3.75. The Kier molecular flexibility index (Phi) is 5.06. The first-order valence-corrected chi connectivity index (χ1v) is 10.4. The van der Waals surface area contributed by atoms with Gasteiger partial charge in [-0.25, -0.2) is 9.78 Å². The molecule has 0 aliphatic carbocycles. The number of aromatic nitrogens is 4. The fourth-order valence-electron chi connectivity index (χ4n) is 3.80. The van der Waals surface area contributed by atoms with Crippen molar-refractivity contribution in [2.24, 2.45) is 0 Å². The Bertz CT molecular complexity index is 1430. The van der Waals surface area contributed by atoms with Crippen LogP contribution in [-0.4, -0.2) is 19.5 Å². The fourth-order valence-corrected chi connectivity index (χ4v) is 4.12. The highest BCUT2D eigenvalue weighted by Crippen LogP contribution is 2.32. The summed E-state index contributed by atoms with van der Waals surface area (Å²) in [4.78, 5) is 23.5. The first-order chi connectivity index (χ1) is 15.1. The maximum absolute atomic E-state index is 12.2. The van der Waals surface area contributed by atoms with Crippen molar-refractivity contribution in [3.63, 3.8) is 0 Å². The minimum atomic E-state index is -0.404. The Morgan fingerprint density at radius 1 is 0.903 bits per heavy atom. The first-order valence-electron chi connectivity index (χ1n) is 9.61. The number of hydrogen-bond donors (Lipinski definition) is 1. The summed E-state index contributed by atoms with van der Waals surface area (Å²) in [7, 11) is 0. The van der Waals surface area contributed by atoms with E-state index in [1.807, 2.05) is 71.4 Å². The number of aromatic amines is 1. The predicted octanol–water partition coefficient (Wildman–Crippen LogP) is 5.73. The number of nitrogens with one attached hydrogen (secondary N) is 1. The Hall–Kier alpha value is -3.41. The van der Waals surface area contributed by atoms with Crippen molar-refractivity contribution in [3.8, 4) is 11.3 Å². The number of imidazole rings is 1. The van der Waals surface area contributed by atoms with Gasteiger partial charge in [-0.2, -0.15) is 4.98 Å². The molecule has 0 saturated heterocycles. The van der Waals surface area contributed by atoms with Gasteiger partial charge in [0.1, 0.15) is 0 Å². The van der Waals surface area contributed by atoms with Gasteiger partial charge in [-0.1, -0.05) is 53.5 Å². The number of nitrogens with zero attached hydrogens (tertiary/aromatic N) is 3. The Morgan fingerprint density at radius 2 is 1.71 bits per heavy atom. The van der Waals surface area contributed by atoms with Crippen LogP contribution in [0.5, 0.6) is 0 Å². The molecule has 1 N–H and O–H groups in total. The fraction of sp³-hybridized carbons (Fsp3) is 0.0417. The van der Waals surface area contributed by atoms with Crippen LogP contribution in [0.4, 0.5) is 0 Å². The molecule has 0 radical (unpaired) electrons. The molecule has 3 aromatic carbocycles. The largest absolute Gasteiger partial charge is 0.345 e. The molecule has 1 unspecified atom stereocenters. The zero-order valence-electron chi connectivity index (χ0n) is 16.2. The van der Waals surface area contributed by atoms with E-state index in [2.05, 4.69) is 15.0 Å². The highest BCUT2D eigenvalue weighted by Gasteiger charge is 2.18. The van der Waals surface area contributed by atoms with Crippen LogP contribution in [0.25, 0.3) is 22.2 Å². The molecule has 0 aliphatic heterocycles. The normalized spacial score (nSPS) is 12.2. The molecule has 1 atom stereocenters. The number of halogens is 2. The number of H-pyrrole nitrogens is 1. The molecule has 0 bridgehead atoms. The molecular formula is C24H16Cl2N4O. The van der Waals surface area contributed by atoms with Crippen molar-refractivity contribution in [2.45, 2.75) is 6.04 Å². The maximum Gasteiger partial charge on any atom is 0.345 e. The van der Waals surface area contributed by atoms with E-state index in [0.29, 0.717) is 21.3 Å². The molecule has 0 fully saturated rings. The van der Waals surface area contributed by atoms with Gasteiger partial charge >= 0.3 is 5.69 Å². The molecule has 5 nitrogen and oxygen atoms in total. The summed E-state index contributed by atoms with van der Waals surface area (Å²) in [6.07, 6.45) is 5.46. The molecule has 7 heteroatoms. The van der Waals surface area contributed by atoms with Gasteiger partial charge in [-0.15, -0.1) is 0 Å². The summed E-state index contributed by atoms with van der Waals surface area (Å²) in [6.45, 7) is 0. The smallest absolute Gasteiger partial charge is 0.326 e. The highest BCUT2D eigenvalue weighted by molar-refractivity contribution is 6.31. The first kappa shape index (κ1) is 19.5. The topological polar surface area (TPSA) is 63.6 Å². The maximum atomic E-state index is 12.2. The van der Waals surface area contributed by atoms with E-state index < -0.39 is 5.69 Å². The van der Waals surface area contributed by atoms with Gasteiger partial charge in [0.05, 0.1) is 23.6 Å². The van der Waals surface area contributed by atoms with Crippen molar-refractivity contribution in [1.82, 2.24) is 19.5 Å². The van der Waals surface area contributed by atoms with E-state index in [-0.39, 0.29) is 6.04 Å². The average Bonchev–Trinajstić information content (AvgIpc) is 3.29. The van der Waals surface area contributed by atoms with Gasteiger partial charge in [0.15, 0.2) is 0 Å². The molecule has 5 rings (SSSR count). The Labute approximate surface area is 187 Å². The Balaban J connectivity index is 1.74. The summed E-state index contributed by atoms with van der Waals surface area (Å²) in [5, 5.41) is 2.09. The van der Waals surface area contributed by atoms with Crippen LogP contribution in [-0.2, 0) is 0 Å². The molecule has 152 valence electrons. The van der Waals surface area contributed by atoms with Crippen LogP contribution in [0.1, 0.15) is 17.2 Å².